The monoisotopic (exact) mass is 328 g/mol. The van der Waals surface area contributed by atoms with Crippen LogP contribution in [-0.2, 0) is 10.0 Å². The van der Waals surface area contributed by atoms with Crippen LogP contribution in [0.1, 0.15) is 5.56 Å². The Morgan fingerprint density at radius 2 is 1.71 bits per heavy atom. The first kappa shape index (κ1) is 15.2. The molecule has 108 valence electrons. The fourth-order valence-corrected chi connectivity index (χ4v) is 3.17. The van der Waals surface area contributed by atoms with Crippen molar-refractivity contribution in [2.24, 2.45) is 0 Å². The first-order valence-electron chi connectivity index (χ1n) is 5.50. The van der Waals surface area contributed by atoms with Gasteiger partial charge in [0.05, 0.1) is 22.3 Å². The van der Waals surface area contributed by atoms with Crippen LogP contribution < -0.4 is 4.72 Å². The fraction of sp³-hybridized carbons (Fsp3) is 0. The summed E-state index contributed by atoms with van der Waals surface area (Å²) in [5, 5.41) is 8.66. The normalized spacial score (nSPS) is 11.0. The van der Waals surface area contributed by atoms with E-state index in [2.05, 4.69) is 0 Å². The molecule has 0 radical (unpaired) electrons. The molecule has 21 heavy (non-hydrogen) atoms. The molecule has 2 rings (SSSR count). The van der Waals surface area contributed by atoms with Crippen molar-refractivity contribution in [2.45, 2.75) is 4.90 Å². The van der Waals surface area contributed by atoms with E-state index in [0.29, 0.717) is 6.07 Å². The molecule has 0 aliphatic heterocycles. The van der Waals surface area contributed by atoms with Crippen molar-refractivity contribution in [3.05, 3.63) is 58.6 Å². The molecule has 0 heterocycles. The summed E-state index contributed by atoms with van der Waals surface area (Å²) in [5.41, 5.74) is -0.198. The lowest BCUT2D eigenvalue weighted by atomic mass is 10.2. The van der Waals surface area contributed by atoms with Crippen molar-refractivity contribution < 1.29 is 17.2 Å². The Labute approximate surface area is 124 Å². The van der Waals surface area contributed by atoms with Crippen LogP contribution in [0.15, 0.2) is 41.3 Å². The standard InChI is InChI=1S/C13H7ClF2N2O2S/c14-12-2-1-8(7-17)3-13(12)21(19,20)18-11-5-9(15)4-10(16)6-11/h1-6,18H. The molecule has 0 aromatic heterocycles. The molecule has 0 spiro atoms. The third-order valence-corrected chi connectivity index (χ3v) is 4.33. The summed E-state index contributed by atoms with van der Waals surface area (Å²) in [4.78, 5) is -0.354. The van der Waals surface area contributed by atoms with E-state index in [1.807, 2.05) is 4.72 Å². The zero-order valence-electron chi connectivity index (χ0n) is 10.3. The molecule has 0 aliphatic carbocycles. The van der Waals surface area contributed by atoms with Gasteiger partial charge in [-0.15, -0.1) is 0 Å². The lowest BCUT2D eigenvalue weighted by Gasteiger charge is -2.10. The Morgan fingerprint density at radius 3 is 2.29 bits per heavy atom. The Balaban J connectivity index is 2.45. The molecule has 1 N–H and O–H groups in total. The highest BCUT2D eigenvalue weighted by atomic mass is 35.5. The molecule has 2 aromatic carbocycles. The van der Waals surface area contributed by atoms with Gasteiger partial charge in [0, 0.05) is 6.07 Å². The third-order valence-electron chi connectivity index (χ3n) is 2.46. The van der Waals surface area contributed by atoms with E-state index in [1.54, 1.807) is 6.07 Å². The first-order valence-corrected chi connectivity index (χ1v) is 7.36. The van der Waals surface area contributed by atoms with E-state index in [1.165, 1.54) is 12.1 Å². The van der Waals surface area contributed by atoms with Crippen LogP contribution in [0.2, 0.25) is 5.02 Å². The number of nitrogens with zero attached hydrogens (tertiary/aromatic N) is 1. The number of sulfonamides is 1. The molecule has 8 heteroatoms. The highest BCUT2D eigenvalue weighted by molar-refractivity contribution is 7.92. The highest BCUT2D eigenvalue weighted by Crippen LogP contribution is 2.25. The largest absolute Gasteiger partial charge is 0.279 e. The number of halogens is 3. The Hall–Kier alpha value is -2.17. The minimum atomic E-state index is -4.18. The molecule has 0 atom stereocenters. The van der Waals surface area contributed by atoms with Gasteiger partial charge in [-0.1, -0.05) is 11.6 Å². The average Bonchev–Trinajstić information content (AvgIpc) is 2.37. The summed E-state index contributed by atoms with van der Waals surface area (Å²) in [5.74, 6) is -1.85. The number of benzene rings is 2. The maximum absolute atomic E-state index is 13.1. The number of anilines is 1. The SMILES string of the molecule is N#Cc1ccc(Cl)c(S(=O)(=O)Nc2cc(F)cc(F)c2)c1. The Kier molecular flexibility index (Phi) is 4.11. The summed E-state index contributed by atoms with van der Waals surface area (Å²) < 4.78 is 52.5. The Bertz CT molecular complexity index is 827. The van der Waals surface area contributed by atoms with Gasteiger partial charge in [-0.2, -0.15) is 5.26 Å². The van der Waals surface area contributed by atoms with Crippen LogP contribution in [0.4, 0.5) is 14.5 Å². The van der Waals surface area contributed by atoms with E-state index in [0.717, 1.165) is 18.2 Å². The smallest absolute Gasteiger partial charge is 0.263 e. The topological polar surface area (TPSA) is 70.0 Å². The zero-order valence-corrected chi connectivity index (χ0v) is 11.8. The van der Waals surface area contributed by atoms with Crippen molar-refractivity contribution in [3.63, 3.8) is 0 Å². The molecule has 0 bridgehead atoms. The number of nitrogens with one attached hydrogen (secondary N) is 1. The Morgan fingerprint density at radius 1 is 1.10 bits per heavy atom. The molecule has 2 aromatic rings. The molecular formula is C13H7ClF2N2O2S. The van der Waals surface area contributed by atoms with Crippen LogP contribution in [0.3, 0.4) is 0 Å². The van der Waals surface area contributed by atoms with E-state index < -0.39 is 21.7 Å². The molecule has 4 nitrogen and oxygen atoms in total. The van der Waals surface area contributed by atoms with Gasteiger partial charge in [-0.25, -0.2) is 17.2 Å². The van der Waals surface area contributed by atoms with E-state index in [9.17, 15) is 17.2 Å². The summed E-state index contributed by atoms with van der Waals surface area (Å²) in [6.45, 7) is 0. The van der Waals surface area contributed by atoms with Gasteiger partial charge < -0.3 is 0 Å². The second-order valence-corrected chi connectivity index (χ2v) is 6.08. The van der Waals surface area contributed by atoms with Crippen molar-refractivity contribution in [1.82, 2.24) is 0 Å². The van der Waals surface area contributed by atoms with E-state index in [-0.39, 0.29) is 21.2 Å². The van der Waals surface area contributed by atoms with Crippen LogP contribution in [0.5, 0.6) is 0 Å². The molecule has 0 saturated heterocycles. The summed E-state index contributed by atoms with van der Waals surface area (Å²) in [6.07, 6.45) is 0. The second kappa shape index (κ2) is 5.68. The van der Waals surface area contributed by atoms with E-state index in [4.69, 9.17) is 16.9 Å². The maximum Gasteiger partial charge on any atom is 0.263 e. The van der Waals surface area contributed by atoms with Gasteiger partial charge in [0.2, 0.25) is 0 Å². The summed E-state index contributed by atoms with van der Waals surface area (Å²) >= 11 is 5.79. The van der Waals surface area contributed by atoms with Gasteiger partial charge >= 0.3 is 0 Å². The highest BCUT2D eigenvalue weighted by Gasteiger charge is 2.19. The van der Waals surface area contributed by atoms with E-state index >= 15 is 0 Å². The number of hydrogen-bond acceptors (Lipinski definition) is 3. The lowest BCUT2D eigenvalue weighted by molar-refractivity contribution is 0.584. The van der Waals surface area contributed by atoms with Crippen LogP contribution in [-0.4, -0.2) is 8.42 Å². The van der Waals surface area contributed by atoms with Gasteiger partial charge in [0.25, 0.3) is 10.0 Å². The van der Waals surface area contributed by atoms with Gasteiger partial charge in [0.15, 0.2) is 0 Å². The molecule has 0 unspecified atom stereocenters. The quantitative estimate of drug-likeness (QED) is 0.939. The van der Waals surface area contributed by atoms with Gasteiger partial charge in [-0.3, -0.25) is 4.72 Å². The minimum Gasteiger partial charge on any atom is -0.279 e. The average molecular weight is 329 g/mol. The molecule has 0 saturated carbocycles. The predicted octanol–water partition coefficient (Wildman–Crippen LogP) is 3.29. The van der Waals surface area contributed by atoms with Crippen LogP contribution in [0, 0.1) is 23.0 Å². The van der Waals surface area contributed by atoms with Crippen LogP contribution >= 0.6 is 11.6 Å². The zero-order chi connectivity index (χ0) is 15.6. The molecular weight excluding hydrogens is 322 g/mol. The number of hydrogen-bond donors (Lipinski definition) is 1. The van der Waals surface area contributed by atoms with Crippen molar-refractivity contribution in [3.8, 4) is 6.07 Å². The van der Waals surface area contributed by atoms with Crippen molar-refractivity contribution in [2.75, 3.05) is 4.72 Å². The number of rotatable bonds is 3. The molecule has 0 fully saturated rings. The van der Waals surface area contributed by atoms with Crippen molar-refractivity contribution in [1.29, 1.82) is 5.26 Å². The van der Waals surface area contributed by atoms with Crippen molar-refractivity contribution >= 4 is 27.3 Å². The molecule has 0 amide bonds. The summed E-state index contributed by atoms with van der Waals surface area (Å²) in [6, 6.07) is 7.71. The fourth-order valence-electron chi connectivity index (χ4n) is 1.60. The third kappa shape index (κ3) is 3.48. The molecule has 0 aliphatic rings. The van der Waals surface area contributed by atoms with Gasteiger partial charge in [0.1, 0.15) is 16.5 Å². The second-order valence-electron chi connectivity index (χ2n) is 4.02. The van der Waals surface area contributed by atoms with Gasteiger partial charge in [-0.05, 0) is 30.3 Å². The lowest BCUT2D eigenvalue weighted by Crippen LogP contribution is -2.14. The number of nitriles is 1. The minimum absolute atomic E-state index is 0.0881. The predicted molar refractivity (Wildman–Crippen MR) is 73.3 cm³/mol. The van der Waals surface area contributed by atoms with Crippen LogP contribution in [0.25, 0.3) is 0 Å². The first-order chi connectivity index (χ1) is 9.81. The summed E-state index contributed by atoms with van der Waals surface area (Å²) in [7, 11) is -4.18. The maximum atomic E-state index is 13.1.